The number of nitrogens with one attached hydrogen (secondary N) is 2. The Morgan fingerprint density at radius 2 is 1.79 bits per heavy atom. The molecule has 4 rings (SSSR count). The van der Waals surface area contributed by atoms with Gasteiger partial charge in [-0.05, 0) is 55.5 Å². The van der Waals surface area contributed by atoms with E-state index in [4.69, 9.17) is 4.74 Å². The number of hydrogen-bond acceptors (Lipinski definition) is 4. The molecule has 1 aliphatic heterocycles. The van der Waals surface area contributed by atoms with Crippen molar-refractivity contribution in [3.63, 3.8) is 0 Å². The van der Waals surface area contributed by atoms with Crippen molar-refractivity contribution in [2.75, 3.05) is 30.4 Å². The van der Waals surface area contributed by atoms with Gasteiger partial charge in [-0.15, -0.1) is 0 Å². The smallest absolute Gasteiger partial charge is 0.320 e. The largest absolute Gasteiger partial charge is 0.497 e. The van der Waals surface area contributed by atoms with Gasteiger partial charge < -0.3 is 20.3 Å². The third kappa shape index (κ3) is 3.77. The zero-order chi connectivity index (χ0) is 19.4. The lowest BCUT2D eigenvalue weighted by atomic mass is 9.88. The van der Waals surface area contributed by atoms with Crippen LogP contribution in [0.25, 0.3) is 0 Å². The molecule has 0 radical (unpaired) electrons. The fourth-order valence-electron chi connectivity index (χ4n) is 4.42. The van der Waals surface area contributed by atoms with Crippen LogP contribution >= 0.6 is 0 Å². The third-order valence-electron chi connectivity index (χ3n) is 5.89. The molecule has 0 unspecified atom stereocenters. The van der Waals surface area contributed by atoms with Gasteiger partial charge in [0.15, 0.2) is 5.82 Å². The van der Waals surface area contributed by atoms with Crippen molar-refractivity contribution in [3.05, 3.63) is 48.2 Å². The first kappa shape index (κ1) is 18.6. The molecule has 1 aromatic carbocycles. The topological polar surface area (TPSA) is 66.5 Å². The predicted molar refractivity (Wildman–Crippen MR) is 111 cm³/mol. The average Bonchev–Trinajstić information content (AvgIpc) is 3.41. The summed E-state index contributed by atoms with van der Waals surface area (Å²) in [4.78, 5) is 19.7. The van der Waals surface area contributed by atoms with Gasteiger partial charge in [0.05, 0.1) is 18.3 Å². The summed E-state index contributed by atoms with van der Waals surface area (Å²) in [6.45, 7) is 1.98. The third-order valence-corrected chi connectivity index (χ3v) is 5.89. The molecule has 0 atom stereocenters. The molecule has 2 amide bonds. The Hall–Kier alpha value is -2.76. The molecule has 148 valence electrons. The molecule has 2 N–H and O–H groups in total. The van der Waals surface area contributed by atoms with E-state index in [0.717, 1.165) is 61.6 Å². The van der Waals surface area contributed by atoms with Crippen LogP contribution in [0.3, 0.4) is 0 Å². The van der Waals surface area contributed by atoms with Crippen molar-refractivity contribution in [2.24, 2.45) is 0 Å². The van der Waals surface area contributed by atoms with Crippen LogP contribution in [0.1, 0.15) is 44.1 Å². The van der Waals surface area contributed by atoms with Crippen LogP contribution in [-0.2, 0) is 5.54 Å². The molecule has 2 aromatic rings. The summed E-state index contributed by atoms with van der Waals surface area (Å²) in [5.74, 6) is 1.69. The Morgan fingerprint density at radius 3 is 2.46 bits per heavy atom. The number of urea groups is 1. The lowest BCUT2D eigenvalue weighted by Gasteiger charge is -2.31. The predicted octanol–water partition coefficient (Wildman–Crippen LogP) is 4.28. The number of methoxy groups -OCH3 is 1. The number of benzene rings is 1. The van der Waals surface area contributed by atoms with Crippen molar-refractivity contribution in [3.8, 4) is 5.75 Å². The Kier molecular flexibility index (Phi) is 5.37. The van der Waals surface area contributed by atoms with Gasteiger partial charge in [-0.3, -0.25) is 0 Å². The molecule has 0 bridgehead atoms. The second kappa shape index (κ2) is 8.09. The van der Waals surface area contributed by atoms with Gasteiger partial charge in [0.2, 0.25) is 0 Å². The second-order valence-corrected chi connectivity index (χ2v) is 7.67. The summed E-state index contributed by atoms with van der Waals surface area (Å²) in [5, 5.41) is 6.33. The summed E-state index contributed by atoms with van der Waals surface area (Å²) in [6.07, 6.45) is 8.23. The fourth-order valence-corrected chi connectivity index (χ4v) is 4.42. The lowest BCUT2D eigenvalue weighted by Crippen LogP contribution is -2.46. The van der Waals surface area contributed by atoms with Gasteiger partial charge in [-0.1, -0.05) is 25.0 Å². The summed E-state index contributed by atoms with van der Waals surface area (Å²) < 4.78 is 5.28. The molecule has 6 nitrogen and oxygen atoms in total. The van der Waals surface area contributed by atoms with E-state index in [1.807, 2.05) is 24.3 Å². The summed E-state index contributed by atoms with van der Waals surface area (Å²) in [7, 11) is 1.66. The number of aromatic nitrogens is 1. The number of carbonyl (C=O) groups is 1. The standard InChI is InChI=1S/C22H28N4O2/c1-28-18-10-8-17(9-11-18)22(12-2-3-13-22)25-21(27)24-19-7-6-14-23-20(19)26-15-4-5-16-26/h6-11,14H,2-5,12-13,15-16H2,1H3,(H2,24,25,27). The van der Waals surface area contributed by atoms with E-state index in [-0.39, 0.29) is 11.6 Å². The molecular weight excluding hydrogens is 352 g/mol. The van der Waals surface area contributed by atoms with Crippen molar-refractivity contribution in [1.82, 2.24) is 10.3 Å². The highest BCUT2D eigenvalue weighted by Gasteiger charge is 2.37. The lowest BCUT2D eigenvalue weighted by molar-refractivity contribution is 0.236. The van der Waals surface area contributed by atoms with Gasteiger partial charge >= 0.3 is 6.03 Å². The number of rotatable bonds is 5. The van der Waals surface area contributed by atoms with Crippen molar-refractivity contribution in [1.29, 1.82) is 0 Å². The molecule has 1 aliphatic carbocycles. The molecule has 2 heterocycles. The number of carbonyl (C=O) groups excluding carboxylic acids is 1. The minimum Gasteiger partial charge on any atom is -0.497 e. The SMILES string of the molecule is COc1ccc(C2(NC(=O)Nc3cccnc3N3CCCC3)CCCC2)cc1. The zero-order valence-corrected chi connectivity index (χ0v) is 16.4. The van der Waals surface area contributed by atoms with E-state index in [0.29, 0.717) is 0 Å². The number of hydrogen-bond donors (Lipinski definition) is 2. The van der Waals surface area contributed by atoms with Crippen LogP contribution in [0.4, 0.5) is 16.3 Å². The first-order chi connectivity index (χ1) is 13.7. The maximum Gasteiger partial charge on any atom is 0.320 e. The van der Waals surface area contributed by atoms with Crippen LogP contribution in [0.15, 0.2) is 42.6 Å². The maximum absolute atomic E-state index is 12.9. The van der Waals surface area contributed by atoms with Crippen molar-refractivity contribution in [2.45, 2.75) is 44.1 Å². The van der Waals surface area contributed by atoms with Crippen LogP contribution in [0.2, 0.25) is 0 Å². The number of anilines is 2. The number of nitrogens with zero attached hydrogens (tertiary/aromatic N) is 2. The zero-order valence-electron chi connectivity index (χ0n) is 16.4. The van der Waals surface area contributed by atoms with E-state index in [1.165, 1.54) is 12.8 Å². The molecule has 28 heavy (non-hydrogen) atoms. The van der Waals surface area contributed by atoms with Gasteiger partial charge in [0, 0.05) is 19.3 Å². The molecular formula is C22H28N4O2. The Bertz CT molecular complexity index is 810. The van der Waals surface area contributed by atoms with Crippen LogP contribution in [0.5, 0.6) is 5.75 Å². The number of ether oxygens (including phenoxy) is 1. The quantitative estimate of drug-likeness (QED) is 0.812. The minimum absolute atomic E-state index is 0.175. The first-order valence-corrected chi connectivity index (χ1v) is 10.1. The van der Waals surface area contributed by atoms with Crippen molar-refractivity contribution < 1.29 is 9.53 Å². The van der Waals surface area contributed by atoms with Crippen molar-refractivity contribution >= 4 is 17.5 Å². The highest BCUT2D eigenvalue weighted by molar-refractivity contribution is 5.93. The van der Waals surface area contributed by atoms with Gasteiger partial charge in [-0.25, -0.2) is 9.78 Å². The monoisotopic (exact) mass is 380 g/mol. The number of amides is 2. The Balaban J connectivity index is 1.51. The summed E-state index contributed by atoms with van der Waals surface area (Å²) >= 11 is 0. The molecule has 2 aliphatic rings. The molecule has 2 fully saturated rings. The second-order valence-electron chi connectivity index (χ2n) is 7.67. The minimum atomic E-state index is -0.327. The van der Waals surface area contributed by atoms with E-state index in [2.05, 4.69) is 32.7 Å². The van der Waals surface area contributed by atoms with Gasteiger partial charge in [0.25, 0.3) is 0 Å². The van der Waals surface area contributed by atoms with Crippen LogP contribution in [0, 0.1) is 0 Å². The Morgan fingerprint density at radius 1 is 1.07 bits per heavy atom. The fraction of sp³-hybridized carbons (Fsp3) is 0.455. The van der Waals surface area contributed by atoms with Gasteiger partial charge in [0.1, 0.15) is 5.75 Å². The van der Waals surface area contributed by atoms with Crippen LogP contribution in [-0.4, -0.2) is 31.2 Å². The Labute approximate surface area is 166 Å². The maximum atomic E-state index is 12.9. The summed E-state index contributed by atoms with van der Waals surface area (Å²) in [6, 6.07) is 11.7. The summed E-state index contributed by atoms with van der Waals surface area (Å²) in [5.41, 5.74) is 1.57. The molecule has 0 spiro atoms. The van der Waals surface area contributed by atoms with E-state index >= 15 is 0 Å². The highest BCUT2D eigenvalue weighted by atomic mass is 16.5. The van der Waals surface area contributed by atoms with E-state index < -0.39 is 0 Å². The molecule has 1 saturated carbocycles. The average molecular weight is 380 g/mol. The first-order valence-electron chi connectivity index (χ1n) is 10.1. The van der Waals surface area contributed by atoms with Crippen LogP contribution < -0.4 is 20.3 Å². The number of pyridine rings is 1. The molecule has 1 saturated heterocycles. The molecule has 6 heteroatoms. The normalized spacial score (nSPS) is 18.1. The highest BCUT2D eigenvalue weighted by Crippen LogP contribution is 2.39. The van der Waals surface area contributed by atoms with Gasteiger partial charge in [-0.2, -0.15) is 0 Å². The van der Waals surface area contributed by atoms with E-state index in [9.17, 15) is 4.79 Å². The molecule has 1 aromatic heterocycles. The van der Waals surface area contributed by atoms with E-state index in [1.54, 1.807) is 13.3 Å².